The van der Waals surface area contributed by atoms with Crippen LogP contribution in [0.1, 0.15) is 0 Å². The van der Waals surface area contributed by atoms with E-state index in [2.05, 4.69) is 4.72 Å². The molecule has 8 heteroatoms. The number of sulfonamides is 1. The summed E-state index contributed by atoms with van der Waals surface area (Å²) in [5, 5.41) is 0.541. The first-order valence-corrected chi connectivity index (χ1v) is 7.99. The summed E-state index contributed by atoms with van der Waals surface area (Å²) in [6.07, 6.45) is 0. The van der Waals surface area contributed by atoms with Gasteiger partial charge in [-0.05, 0) is 36.4 Å². The number of nitrogens with one attached hydrogen (secondary N) is 1. The standard InChI is InChI=1S/C13H12Cl2N2O3S/c1-20-13-5-2-8(14)6-12(13)17-21(18,19)9-3-4-11(16)10(15)7-9/h2-7,17H,16H2,1H3. The van der Waals surface area contributed by atoms with Crippen molar-refractivity contribution < 1.29 is 13.2 Å². The number of halogens is 2. The lowest BCUT2D eigenvalue weighted by molar-refractivity contribution is 0.417. The van der Waals surface area contributed by atoms with Gasteiger partial charge in [-0.15, -0.1) is 0 Å². The molecule has 2 aromatic rings. The maximum Gasteiger partial charge on any atom is 0.262 e. The van der Waals surface area contributed by atoms with E-state index in [1.54, 1.807) is 12.1 Å². The molecule has 0 atom stereocenters. The lowest BCUT2D eigenvalue weighted by Gasteiger charge is -2.12. The Morgan fingerprint density at radius 2 is 1.86 bits per heavy atom. The highest BCUT2D eigenvalue weighted by Crippen LogP contribution is 2.30. The quantitative estimate of drug-likeness (QED) is 0.831. The Labute approximate surface area is 132 Å². The van der Waals surface area contributed by atoms with Crippen LogP contribution in [0, 0.1) is 0 Å². The summed E-state index contributed by atoms with van der Waals surface area (Å²) in [5.74, 6) is 0.351. The van der Waals surface area contributed by atoms with Gasteiger partial charge in [-0.25, -0.2) is 8.42 Å². The Morgan fingerprint density at radius 1 is 1.14 bits per heavy atom. The van der Waals surface area contributed by atoms with Crippen LogP contribution in [0.4, 0.5) is 11.4 Å². The average Bonchev–Trinajstić information content (AvgIpc) is 2.41. The van der Waals surface area contributed by atoms with E-state index in [0.717, 1.165) is 0 Å². The van der Waals surface area contributed by atoms with Gasteiger partial charge in [0.25, 0.3) is 10.0 Å². The van der Waals surface area contributed by atoms with E-state index in [-0.39, 0.29) is 15.6 Å². The molecule has 0 aromatic heterocycles. The van der Waals surface area contributed by atoms with Crippen molar-refractivity contribution in [1.29, 1.82) is 0 Å². The second-order valence-corrected chi connectivity index (χ2v) is 6.66. The summed E-state index contributed by atoms with van der Waals surface area (Å²) in [6.45, 7) is 0. The number of hydrogen-bond acceptors (Lipinski definition) is 4. The van der Waals surface area contributed by atoms with Gasteiger partial charge in [-0.1, -0.05) is 23.2 Å². The summed E-state index contributed by atoms with van der Waals surface area (Å²) in [6, 6.07) is 8.67. The number of benzene rings is 2. The summed E-state index contributed by atoms with van der Waals surface area (Å²) in [4.78, 5) is -0.0104. The van der Waals surface area contributed by atoms with Crippen LogP contribution in [0.2, 0.25) is 10.0 Å². The van der Waals surface area contributed by atoms with E-state index >= 15 is 0 Å². The maximum absolute atomic E-state index is 12.3. The maximum atomic E-state index is 12.3. The van der Waals surface area contributed by atoms with Gasteiger partial charge in [0.1, 0.15) is 5.75 Å². The molecular formula is C13H12Cl2N2O3S. The zero-order valence-corrected chi connectivity index (χ0v) is 13.3. The summed E-state index contributed by atoms with van der Waals surface area (Å²) < 4.78 is 32.2. The van der Waals surface area contributed by atoms with E-state index < -0.39 is 10.0 Å². The highest BCUT2D eigenvalue weighted by atomic mass is 35.5. The second-order valence-electron chi connectivity index (χ2n) is 4.13. The molecule has 0 fully saturated rings. The smallest absolute Gasteiger partial charge is 0.262 e. The Hall–Kier alpha value is -1.63. The minimum Gasteiger partial charge on any atom is -0.495 e. The molecule has 3 N–H and O–H groups in total. The molecule has 0 spiro atoms. The van der Waals surface area contributed by atoms with E-state index in [0.29, 0.717) is 16.5 Å². The van der Waals surface area contributed by atoms with E-state index in [4.69, 9.17) is 33.7 Å². The largest absolute Gasteiger partial charge is 0.495 e. The monoisotopic (exact) mass is 346 g/mol. The van der Waals surface area contributed by atoms with Gasteiger partial charge in [0.2, 0.25) is 0 Å². The van der Waals surface area contributed by atoms with Gasteiger partial charge in [-0.3, -0.25) is 4.72 Å². The number of nitrogen functional groups attached to an aromatic ring is 1. The topological polar surface area (TPSA) is 81.4 Å². The fourth-order valence-electron chi connectivity index (χ4n) is 1.64. The van der Waals surface area contributed by atoms with Crippen LogP contribution < -0.4 is 15.2 Å². The second kappa shape index (κ2) is 6.01. The van der Waals surface area contributed by atoms with Gasteiger partial charge < -0.3 is 10.5 Å². The first-order chi connectivity index (χ1) is 9.83. The molecule has 5 nitrogen and oxygen atoms in total. The lowest BCUT2D eigenvalue weighted by atomic mass is 10.3. The number of rotatable bonds is 4. The Morgan fingerprint density at radius 3 is 2.48 bits per heavy atom. The Kier molecular flexibility index (Phi) is 4.51. The van der Waals surface area contributed by atoms with Crippen molar-refractivity contribution >= 4 is 44.6 Å². The molecule has 112 valence electrons. The predicted octanol–water partition coefficient (Wildman–Crippen LogP) is 3.39. The number of nitrogens with two attached hydrogens (primary N) is 1. The van der Waals surface area contributed by atoms with Crippen molar-refractivity contribution in [3.8, 4) is 5.75 Å². The molecule has 0 unspecified atom stereocenters. The Bertz CT molecular complexity index is 779. The van der Waals surface area contributed by atoms with Crippen LogP contribution in [0.3, 0.4) is 0 Å². The summed E-state index contributed by atoms with van der Waals surface area (Å²) in [7, 11) is -2.40. The molecule has 0 aliphatic carbocycles. The fourth-order valence-corrected chi connectivity index (χ4v) is 3.14. The zero-order valence-electron chi connectivity index (χ0n) is 10.9. The third kappa shape index (κ3) is 3.53. The fraction of sp³-hybridized carbons (Fsp3) is 0.0769. The first kappa shape index (κ1) is 15.8. The molecule has 0 radical (unpaired) electrons. The SMILES string of the molecule is COc1ccc(Cl)cc1NS(=O)(=O)c1ccc(N)c(Cl)c1. The van der Waals surface area contributed by atoms with Crippen molar-refractivity contribution in [2.45, 2.75) is 4.90 Å². The summed E-state index contributed by atoms with van der Waals surface area (Å²) in [5.41, 5.74) is 6.10. The van der Waals surface area contributed by atoms with Gasteiger partial charge in [0, 0.05) is 5.02 Å². The molecule has 0 heterocycles. The third-order valence-corrected chi connectivity index (χ3v) is 4.61. The average molecular weight is 347 g/mol. The molecule has 21 heavy (non-hydrogen) atoms. The van der Waals surface area contributed by atoms with E-state index in [1.165, 1.54) is 31.4 Å². The molecular weight excluding hydrogens is 335 g/mol. The molecule has 2 rings (SSSR count). The molecule has 0 saturated carbocycles. The predicted molar refractivity (Wildman–Crippen MR) is 84.7 cm³/mol. The van der Waals surface area contributed by atoms with E-state index in [9.17, 15) is 8.42 Å². The van der Waals surface area contributed by atoms with Crippen LogP contribution >= 0.6 is 23.2 Å². The minimum atomic E-state index is -3.83. The highest BCUT2D eigenvalue weighted by molar-refractivity contribution is 7.92. The molecule has 0 bridgehead atoms. The summed E-state index contributed by atoms with van der Waals surface area (Å²) >= 11 is 11.7. The van der Waals surface area contributed by atoms with Crippen molar-refractivity contribution in [2.24, 2.45) is 0 Å². The molecule has 2 aromatic carbocycles. The van der Waals surface area contributed by atoms with Crippen LogP contribution in [-0.2, 0) is 10.0 Å². The number of methoxy groups -OCH3 is 1. The van der Waals surface area contributed by atoms with Crippen molar-refractivity contribution in [1.82, 2.24) is 0 Å². The van der Waals surface area contributed by atoms with Crippen LogP contribution in [-0.4, -0.2) is 15.5 Å². The number of hydrogen-bond donors (Lipinski definition) is 2. The molecule has 0 amide bonds. The van der Waals surface area contributed by atoms with Gasteiger partial charge in [0.15, 0.2) is 0 Å². The van der Waals surface area contributed by atoms with Crippen molar-refractivity contribution in [2.75, 3.05) is 17.6 Å². The molecule has 0 aliphatic heterocycles. The zero-order chi connectivity index (χ0) is 15.6. The van der Waals surface area contributed by atoms with Gasteiger partial charge in [0.05, 0.1) is 28.4 Å². The van der Waals surface area contributed by atoms with Crippen LogP contribution in [0.25, 0.3) is 0 Å². The molecule has 0 aliphatic rings. The highest BCUT2D eigenvalue weighted by Gasteiger charge is 2.17. The lowest BCUT2D eigenvalue weighted by Crippen LogP contribution is -2.13. The first-order valence-electron chi connectivity index (χ1n) is 5.75. The number of ether oxygens (including phenoxy) is 1. The van der Waals surface area contributed by atoms with Gasteiger partial charge in [-0.2, -0.15) is 0 Å². The van der Waals surface area contributed by atoms with E-state index in [1.807, 2.05) is 0 Å². The van der Waals surface area contributed by atoms with Crippen molar-refractivity contribution in [3.05, 3.63) is 46.4 Å². The van der Waals surface area contributed by atoms with Gasteiger partial charge >= 0.3 is 0 Å². The Balaban J connectivity index is 2.41. The minimum absolute atomic E-state index is 0.0104. The molecule has 0 saturated heterocycles. The van der Waals surface area contributed by atoms with Crippen LogP contribution in [0.15, 0.2) is 41.3 Å². The van der Waals surface area contributed by atoms with Crippen molar-refractivity contribution in [3.63, 3.8) is 0 Å². The number of anilines is 2. The van der Waals surface area contributed by atoms with Crippen LogP contribution in [0.5, 0.6) is 5.75 Å². The third-order valence-electron chi connectivity index (χ3n) is 2.69. The normalized spacial score (nSPS) is 11.2.